The Bertz CT molecular complexity index is 164. The fourth-order valence-corrected chi connectivity index (χ4v) is 1.93. The van der Waals surface area contributed by atoms with Crippen molar-refractivity contribution in [2.45, 2.75) is 19.3 Å². The summed E-state index contributed by atoms with van der Waals surface area (Å²) in [4.78, 5) is 1.94. The third-order valence-corrected chi connectivity index (χ3v) is 2.81. The van der Waals surface area contributed by atoms with Gasteiger partial charge in [0.15, 0.2) is 5.96 Å². The summed E-state index contributed by atoms with van der Waals surface area (Å²) in [5.74, 6) is 0.248. The first-order valence-electron chi connectivity index (χ1n) is 3.81. The molecular formula is C7H13N3. The predicted molar refractivity (Wildman–Crippen MR) is 39.8 cm³/mol. The van der Waals surface area contributed by atoms with Crippen LogP contribution in [0.15, 0.2) is 0 Å². The van der Waals surface area contributed by atoms with Gasteiger partial charge >= 0.3 is 0 Å². The normalized spacial score (nSPS) is 27.4. The third kappa shape index (κ3) is 0.632. The minimum absolute atomic E-state index is 0.248. The van der Waals surface area contributed by atoms with Crippen LogP contribution in [-0.4, -0.2) is 23.9 Å². The van der Waals surface area contributed by atoms with Crippen LogP contribution >= 0.6 is 0 Å². The van der Waals surface area contributed by atoms with Crippen LogP contribution in [0, 0.1) is 10.8 Å². The Morgan fingerprint density at radius 2 is 2.00 bits per heavy atom. The molecule has 1 saturated heterocycles. The molecule has 0 bridgehead atoms. The van der Waals surface area contributed by atoms with E-state index in [1.807, 2.05) is 4.90 Å². The van der Waals surface area contributed by atoms with Gasteiger partial charge < -0.3 is 10.6 Å². The quantitative estimate of drug-likeness (QED) is 0.376. The van der Waals surface area contributed by atoms with E-state index in [-0.39, 0.29) is 5.96 Å². The lowest BCUT2D eigenvalue weighted by Crippen LogP contribution is -2.62. The maximum Gasteiger partial charge on any atom is 0.188 e. The minimum atomic E-state index is 0.248. The van der Waals surface area contributed by atoms with Gasteiger partial charge in [0, 0.05) is 18.5 Å². The van der Waals surface area contributed by atoms with Crippen molar-refractivity contribution in [2.24, 2.45) is 11.1 Å². The Morgan fingerprint density at radius 1 is 1.40 bits per heavy atom. The highest BCUT2D eigenvalue weighted by Crippen LogP contribution is 2.47. The molecule has 0 unspecified atom stereocenters. The molecule has 0 aromatic heterocycles. The molecule has 1 aliphatic heterocycles. The zero-order valence-corrected chi connectivity index (χ0v) is 6.06. The second-order valence-electron chi connectivity index (χ2n) is 3.59. The van der Waals surface area contributed by atoms with E-state index in [4.69, 9.17) is 11.1 Å². The number of guanidine groups is 1. The molecule has 0 atom stereocenters. The van der Waals surface area contributed by atoms with Gasteiger partial charge in [-0.1, -0.05) is 6.42 Å². The van der Waals surface area contributed by atoms with Crippen LogP contribution in [0.1, 0.15) is 19.3 Å². The van der Waals surface area contributed by atoms with Gasteiger partial charge in [-0.25, -0.2) is 0 Å². The standard InChI is InChI=1S/C7H13N3/c8-6(9)10-4-7(5-10)2-1-3-7/h1-5H2,(H3,8,9). The van der Waals surface area contributed by atoms with Crippen LogP contribution in [0.2, 0.25) is 0 Å². The van der Waals surface area contributed by atoms with Gasteiger partial charge in [-0.3, -0.25) is 5.41 Å². The van der Waals surface area contributed by atoms with Gasteiger partial charge in [-0.05, 0) is 12.8 Å². The van der Waals surface area contributed by atoms with E-state index in [0.29, 0.717) is 5.41 Å². The third-order valence-electron chi connectivity index (χ3n) is 2.81. The van der Waals surface area contributed by atoms with E-state index < -0.39 is 0 Å². The summed E-state index contributed by atoms with van der Waals surface area (Å²) in [6.07, 6.45) is 4.10. The molecule has 3 nitrogen and oxygen atoms in total. The first kappa shape index (κ1) is 6.01. The van der Waals surface area contributed by atoms with Crippen LogP contribution in [-0.2, 0) is 0 Å². The molecule has 10 heavy (non-hydrogen) atoms. The highest BCUT2D eigenvalue weighted by atomic mass is 15.3. The van der Waals surface area contributed by atoms with Gasteiger partial charge in [0.1, 0.15) is 0 Å². The summed E-state index contributed by atoms with van der Waals surface area (Å²) in [6.45, 7) is 2.09. The zero-order chi connectivity index (χ0) is 7.19. The Morgan fingerprint density at radius 3 is 2.30 bits per heavy atom. The molecule has 1 spiro atoms. The number of likely N-dealkylation sites (tertiary alicyclic amines) is 1. The fraction of sp³-hybridized carbons (Fsp3) is 0.857. The molecule has 1 heterocycles. The number of hydrogen-bond acceptors (Lipinski definition) is 1. The Balaban J connectivity index is 1.88. The van der Waals surface area contributed by atoms with E-state index in [0.717, 1.165) is 13.1 Å². The highest BCUT2D eigenvalue weighted by molar-refractivity contribution is 5.75. The van der Waals surface area contributed by atoms with Gasteiger partial charge in [0.2, 0.25) is 0 Å². The van der Waals surface area contributed by atoms with E-state index in [1.54, 1.807) is 0 Å². The Hall–Kier alpha value is -0.730. The van der Waals surface area contributed by atoms with Crippen molar-refractivity contribution in [2.75, 3.05) is 13.1 Å². The summed E-state index contributed by atoms with van der Waals surface area (Å²) < 4.78 is 0. The van der Waals surface area contributed by atoms with E-state index >= 15 is 0 Å². The van der Waals surface area contributed by atoms with Gasteiger partial charge in [0.25, 0.3) is 0 Å². The first-order chi connectivity index (χ1) is 4.72. The number of nitrogens with two attached hydrogens (primary N) is 1. The molecule has 56 valence electrons. The minimum Gasteiger partial charge on any atom is -0.370 e. The number of rotatable bonds is 0. The molecule has 3 N–H and O–H groups in total. The van der Waals surface area contributed by atoms with Crippen molar-refractivity contribution >= 4 is 5.96 Å². The molecule has 3 heteroatoms. The molecule has 0 aromatic rings. The molecule has 2 rings (SSSR count). The fourth-order valence-electron chi connectivity index (χ4n) is 1.93. The smallest absolute Gasteiger partial charge is 0.188 e. The molecule has 0 radical (unpaired) electrons. The van der Waals surface area contributed by atoms with Crippen LogP contribution < -0.4 is 5.73 Å². The molecule has 1 aliphatic carbocycles. The average Bonchev–Trinajstić information content (AvgIpc) is 1.54. The van der Waals surface area contributed by atoms with Crippen LogP contribution in [0.25, 0.3) is 0 Å². The summed E-state index contributed by atoms with van der Waals surface area (Å²) in [5, 5.41) is 7.13. The number of nitrogens with one attached hydrogen (secondary N) is 1. The van der Waals surface area contributed by atoms with Crippen molar-refractivity contribution in [1.29, 1.82) is 5.41 Å². The van der Waals surface area contributed by atoms with Gasteiger partial charge in [-0.15, -0.1) is 0 Å². The molecule has 2 aliphatic rings. The van der Waals surface area contributed by atoms with Crippen molar-refractivity contribution in [3.8, 4) is 0 Å². The highest BCUT2D eigenvalue weighted by Gasteiger charge is 2.47. The SMILES string of the molecule is N=C(N)N1CC2(CCC2)C1. The van der Waals surface area contributed by atoms with Crippen molar-refractivity contribution in [3.05, 3.63) is 0 Å². The van der Waals surface area contributed by atoms with Crippen LogP contribution in [0.3, 0.4) is 0 Å². The van der Waals surface area contributed by atoms with Crippen molar-refractivity contribution in [1.82, 2.24) is 4.90 Å². The molecule has 0 amide bonds. The van der Waals surface area contributed by atoms with Gasteiger partial charge in [0.05, 0.1) is 0 Å². The van der Waals surface area contributed by atoms with Crippen molar-refractivity contribution < 1.29 is 0 Å². The lowest BCUT2D eigenvalue weighted by atomic mass is 9.64. The van der Waals surface area contributed by atoms with E-state index in [2.05, 4.69) is 0 Å². The van der Waals surface area contributed by atoms with Crippen molar-refractivity contribution in [3.63, 3.8) is 0 Å². The summed E-state index contributed by atoms with van der Waals surface area (Å²) in [6, 6.07) is 0. The number of nitrogens with zero attached hydrogens (tertiary/aromatic N) is 1. The average molecular weight is 139 g/mol. The summed E-state index contributed by atoms with van der Waals surface area (Å²) in [7, 11) is 0. The van der Waals surface area contributed by atoms with Gasteiger partial charge in [-0.2, -0.15) is 0 Å². The lowest BCUT2D eigenvalue weighted by Gasteiger charge is -2.56. The zero-order valence-electron chi connectivity index (χ0n) is 6.06. The monoisotopic (exact) mass is 139 g/mol. The maximum absolute atomic E-state index is 7.13. The largest absolute Gasteiger partial charge is 0.370 e. The predicted octanol–water partition coefficient (Wildman–Crippen LogP) is 0.366. The second-order valence-corrected chi connectivity index (χ2v) is 3.59. The van der Waals surface area contributed by atoms with Crippen LogP contribution in [0.5, 0.6) is 0 Å². The van der Waals surface area contributed by atoms with E-state index in [1.165, 1.54) is 19.3 Å². The Kier molecular flexibility index (Phi) is 0.993. The van der Waals surface area contributed by atoms with E-state index in [9.17, 15) is 0 Å². The van der Waals surface area contributed by atoms with Crippen LogP contribution in [0.4, 0.5) is 0 Å². The Labute approximate surface area is 60.7 Å². The summed E-state index contributed by atoms with van der Waals surface area (Å²) >= 11 is 0. The molecular weight excluding hydrogens is 126 g/mol. The molecule has 0 aromatic carbocycles. The second kappa shape index (κ2) is 1.65. The first-order valence-corrected chi connectivity index (χ1v) is 3.81. The topological polar surface area (TPSA) is 53.1 Å². The number of hydrogen-bond donors (Lipinski definition) is 2. The lowest BCUT2D eigenvalue weighted by molar-refractivity contribution is -0.0181. The maximum atomic E-state index is 7.13. The molecule has 2 fully saturated rings. The summed E-state index contributed by atoms with van der Waals surface area (Å²) in [5.41, 5.74) is 5.91. The molecule has 1 saturated carbocycles.